The second-order valence-corrected chi connectivity index (χ2v) is 2.95. The van der Waals surface area contributed by atoms with E-state index in [0.717, 1.165) is 26.1 Å². The van der Waals surface area contributed by atoms with E-state index in [1.807, 2.05) is 6.92 Å². The molecule has 1 heterocycles. The van der Waals surface area contributed by atoms with Gasteiger partial charge in [-0.25, -0.2) is 0 Å². The van der Waals surface area contributed by atoms with Crippen molar-refractivity contribution in [1.29, 1.82) is 0 Å². The third-order valence-corrected chi connectivity index (χ3v) is 1.87. The Morgan fingerprint density at radius 2 is 2.36 bits per heavy atom. The van der Waals surface area contributed by atoms with Crippen molar-refractivity contribution in [3.63, 3.8) is 0 Å². The van der Waals surface area contributed by atoms with Crippen LogP contribution in [0.1, 0.15) is 13.3 Å². The van der Waals surface area contributed by atoms with Gasteiger partial charge in [-0.1, -0.05) is 0 Å². The average molecular weight is 182 g/mol. The van der Waals surface area contributed by atoms with E-state index in [9.17, 15) is 0 Å². The van der Waals surface area contributed by atoms with Crippen molar-refractivity contribution < 1.29 is 9.84 Å². The standard InChI is InChI=1S/C7H15NO2.ClH/c1-7(2-4-9)6-8-3-5-10-7;/h8-9H,2-6H2,1H3;1H. The molecule has 1 aliphatic rings. The summed E-state index contributed by atoms with van der Waals surface area (Å²) < 4.78 is 5.48. The number of morpholine rings is 1. The number of hydrogen-bond acceptors (Lipinski definition) is 3. The summed E-state index contributed by atoms with van der Waals surface area (Å²) in [4.78, 5) is 0. The number of ether oxygens (including phenoxy) is 1. The molecule has 0 aromatic carbocycles. The first kappa shape index (κ1) is 11.2. The number of hydrogen-bond donors (Lipinski definition) is 2. The minimum Gasteiger partial charge on any atom is -0.396 e. The van der Waals surface area contributed by atoms with Gasteiger partial charge in [-0.2, -0.15) is 0 Å². The summed E-state index contributed by atoms with van der Waals surface area (Å²) in [5.41, 5.74) is -0.132. The van der Waals surface area contributed by atoms with Gasteiger partial charge in [0.25, 0.3) is 0 Å². The van der Waals surface area contributed by atoms with Crippen LogP contribution in [0.15, 0.2) is 0 Å². The van der Waals surface area contributed by atoms with E-state index >= 15 is 0 Å². The molecule has 0 spiro atoms. The highest BCUT2D eigenvalue weighted by atomic mass is 35.5. The van der Waals surface area contributed by atoms with Gasteiger partial charge in [0.05, 0.1) is 12.2 Å². The zero-order valence-electron chi connectivity index (χ0n) is 6.80. The Balaban J connectivity index is 0.000001000. The number of nitrogens with one attached hydrogen (secondary N) is 1. The van der Waals surface area contributed by atoms with Gasteiger partial charge in [0.15, 0.2) is 0 Å². The molecule has 0 radical (unpaired) electrons. The van der Waals surface area contributed by atoms with Crippen LogP contribution in [0.5, 0.6) is 0 Å². The molecule has 1 aliphatic heterocycles. The van der Waals surface area contributed by atoms with Gasteiger partial charge in [0.2, 0.25) is 0 Å². The lowest BCUT2D eigenvalue weighted by Crippen LogP contribution is -2.48. The van der Waals surface area contributed by atoms with Crippen molar-refractivity contribution in [2.45, 2.75) is 18.9 Å². The zero-order valence-corrected chi connectivity index (χ0v) is 7.62. The lowest BCUT2D eigenvalue weighted by atomic mass is 10.0. The first-order valence-corrected chi connectivity index (χ1v) is 3.72. The van der Waals surface area contributed by atoms with Crippen molar-refractivity contribution in [2.75, 3.05) is 26.3 Å². The predicted octanol–water partition coefficient (Wildman–Crippen LogP) is 0.169. The summed E-state index contributed by atoms with van der Waals surface area (Å²) in [5, 5.41) is 11.9. The van der Waals surface area contributed by atoms with E-state index in [2.05, 4.69) is 5.32 Å². The molecule has 1 saturated heterocycles. The van der Waals surface area contributed by atoms with Gasteiger partial charge in [0, 0.05) is 26.1 Å². The van der Waals surface area contributed by atoms with Crippen LogP contribution in [0.25, 0.3) is 0 Å². The molecule has 3 nitrogen and oxygen atoms in total. The SMILES string of the molecule is CC1(CCO)CNCCO1.Cl. The normalized spacial score (nSPS) is 31.1. The van der Waals surface area contributed by atoms with Crippen molar-refractivity contribution in [1.82, 2.24) is 5.32 Å². The van der Waals surface area contributed by atoms with E-state index in [1.165, 1.54) is 0 Å². The van der Waals surface area contributed by atoms with Crippen LogP contribution in [0, 0.1) is 0 Å². The van der Waals surface area contributed by atoms with Crippen LogP contribution < -0.4 is 5.32 Å². The van der Waals surface area contributed by atoms with Crippen molar-refractivity contribution in [3.8, 4) is 0 Å². The lowest BCUT2D eigenvalue weighted by Gasteiger charge is -2.33. The molecule has 2 N–H and O–H groups in total. The molecular formula is C7H16ClNO2. The third-order valence-electron chi connectivity index (χ3n) is 1.87. The molecular weight excluding hydrogens is 166 g/mol. The fourth-order valence-corrected chi connectivity index (χ4v) is 1.17. The molecule has 1 atom stereocenters. The molecule has 4 heteroatoms. The maximum absolute atomic E-state index is 8.68. The summed E-state index contributed by atoms with van der Waals surface area (Å²) in [6.07, 6.45) is 0.722. The van der Waals surface area contributed by atoms with Crippen LogP contribution in [-0.2, 0) is 4.74 Å². The minimum atomic E-state index is -0.132. The fraction of sp³-hybridized carbons (Fsp3) is 1.00. The van der Waals surface area contributed by atoms with E-state index in [4.69, 9.17) is 9.84 Å². The van der Waals surface area contributed by atoms with E-state index in [1.54, 1.807) is 0 Å². The summed E-state index contributed by atoms with van der Waals surface area (Å²) in [7, 11) is 0. The van der Waals surface area contributed by atoms with Crippen LogP contribution in [-0.4, -0.2) is 37.0 Å². The van der Waals surface area contributed by atoms with Crippen LogP contribution >= 0.6 is 12.4 Å². The summed E-state index contributed by atoms with van der Waals surface area (Å²) in [6.45, 7) is 4.78. The molecule has 0 aromatic rings. The summed E-state index contributed by atoms with van der Waals surface area (Å²) in [5.74, 6) is 0. The Morgan fingerprint density at radius 1 is 1.64 bits per heavy atom. The second-order valence-electron chi connectivity index (χ2n) is 2.95. The fourth-order valence-electron chi connectivity index (χ4n) is 1.17. The molecule has 68 valence electrons. The Kier molecular flexibility index (Phi) is 5.01. The van der Waals surface area contributed by atoms with Gasteiger partial charge < -0.3 is 15.2 Å². The van der Waals surface area contributed by atoms with E-state index in [-0.39, 0.29) is 24.6 Å². The minimum absolute atomic E-state index is 0. The molecule has 0 saturated carbocycles. The smallest absolute Gasteiger partial charge is 0.0800 e. The number of rotatable bonds is 2. The zero-order chi connectivity index (χ0) is 7.45. The molecule has 0 bridgehead atoms. The third kappa shape index (κ3) is 3.38. The van der Waals surface area contributed by atoms with Gasteiger partial charge in [0.1, 0.15) is 0 Å². The molecule has 0 amide bonds. The largest absolute Gasteiger partial charge is 0.396 e. The number of aliphatic hydroxyl groups is 1. The summed E-state index contributed by atoms with van der Waals surface area (Å²) in [6, 6.07) is 0. The highest BCUT2D eigenvalue weighted by molar-refractivity contribution is 5.85. The van der Waals surface area contributed by atoms with Crippen LogP contribution in [0.4, 0.5) is 0 Å². The first-order chi connectivity index (χ1) is 4.77. The average Bonchev–Trinajstić information content (AvgIpc) is 1.89. The van der Waals surface area contributed by atoms with Crippen molar-refractivity contribution >= 4 is 12.4 Å². The topological polar surface area (TPSA) is 41.5 Å². The van der Waals surface area contributed by atoms with Gasteiger partial charge in [-0.05, 0) is 6.92 Å². The molecule has 11 heavy (non-hydrogen) atoms. The maximum atomic E-state index is 8.68. The molecule has 1 unspecified atom stereocenters. The van der Waals surface area contributed by atoms with Crippen molar-refractivity contribution in [2.24, 2.45) is 0 Å². The monoisotopic (exact) mass is 181 g/mol. The lowest BCUT2D eigenvalue weighted by molar-refractivity contribution is -0.0650. The van der Waals surface area contributed by atoms with E-state index < -0.39 is 0 Å². The number of aliphatic hydroxyl groups excluding tert-OH is 1. The van der Waals surface area contributed by atoms with Crippen molar-refractivity contribution in [3.05, 3.63) is 0 Å². The highest BCUT2D eigenvalue weighted by Gasteiger charge is 2.26. The predicted molar refractivity (Wildman–Crippen MR) is 46.2 cm³/mol. The molecule has 0 aliphatic carbocycles. The second kappa shape index (κ2) is 4.93. The molecule has 1 fully saturated rings. The highest BCUT2D eigenvalue weighted by Crippen LogP contribution is 2.15. The van der Waals surface area contributed by atoms with Gasteiger partial charge >= 0.3 is 0 Å². The van der Waals surface area contributed by atoms with Crippen LogP contribution in [0.3, 0.4) is 0 Å². The van der Waals surface area contributed by atoms with Gasteiger partial charge in [-0.3, -0.25) is 0 Å². The van der Waals surface area contributed by atoms with E-state index in [0.29, 0.717) is 0 Å². The summed E-state index contributed by atoms with van der Waals surface area (Å²) >= 11 is 0. The quantitative estimate of drug-likeness (QED) is 0.638. The number of halogens is 1. The maximum Gasteiger partial charge on any atom is 0.0800 e. The first-order valence-electron chi connectivity index (χ1n) is 3.72. The Morgan fingerprint density at radius 3 is 2.82 bits per heavy atom. The Bertz CT molecular complexity index is 99.1. The van der Waals surface area contributed by atoms with Crippen LogP contribution in [0.2, 0.25) is 0 Å². The van der Waals surface area contributed by atoms with Gasteiger partial charge in [-0.15, -0.1) is 12.4 Å². The molecule has 1 rings (SSSR count). The molecule has 0 aromatic heterocycles. The Labute approximate surface area is 73.5 Å². The Hall–Kier alpha value is 0.170.